The van der Waals surface area contributed by atoms with Crippen LogP contribution >= 0.6 is 0 Å². The summed E-state index contributed by atoms with van der Waals surface area (Å²) in [5.41, 5.74) is -1.43. The third-order valence-corrected chi connectivity index (χ3v) is 2.30. The van der Waals surface area contributed by atoms with Crippen LogP contribution in [0.5, 0.6) is 0 Å². The van der Waals surface area contributed by atoms with Crippen molar-refractivity contribution in [2.45, 2.75) is 27.7 Å². The maximum Gasteiger partial charge on any atom is 0.323 e. The molecule has 1 N–H and O–H groups in total. The summed E-state index contributed by atoms with van der Waals surface area (Å²) in [4.78, 5) is 22.2. The summed E-state index contributed by atoms with van der Waals surface area (Å²) in [6.07, 6.45) is 0. The van der Waals surface area contributed by atoms with Gasteiger partial charge in [0.1, 0.15) is 0 Å². The molecular weight excluding hydrogens is 172 g/mol. The van der Waals surface area contributed by atoms with Gasteiger partial charge in [-0.25, -0.2) is 0 Å². The Morgan fingerprint density at radius 3 is 2.15 bits per heavy atom. The molecule has 0 aliphatic carbocycles. The zero-order valence-corrected chi connectivity index (χ0v) is 8.46. The number of rotatable bonds is 4. The second-order valence-electron chi connectivity index (χ2n) is 3.38. The molecule has 0 amide bonds. The Labute approximate surface area is 77.9 Å². The summed E-state index contributed by atoms with van der Waals surface area (Å²) in [5.74, 6) is -2.09. The van der Waals surface area contributed by atoms with E-state index in [1.165, 1.54) is 6.92 Å². The van der Waals surface area contributed by atoms with Gasteiger partial charge in [0.05, 0.1) is 6.61 Å². The highest BCUT2D eigenvalue weighted by molar-refractivity contribution is 5.98. The van der Waals surface area contributed by atoms with E-state index >= 15 is 0 Å². The number of aliphatic carboxylic acids is 1. The second-order valence-corrected chi connectivity index (χ2v) is 3.38. The lowest BCUT2D eigenvalue weighted by molar-refractivity contribution is -0.170. The Hall–Kier alpha value is -1.06. The Morgan fingerprint density at radius 2 is 1.92 bits per heavy atom. The van der Waals surface area contributed by atoms with Crippen molar-refractivity contribution in [1.29, 1.82) is 0 Å². The molecule has 0 heterocycles. The molecule has 0 spiro atoms. The van der Waals surface area contributed by atoms with Crippen LogP contribution in [0.2, 0.25) is 0 Å². The van der Waals surface area contributed by atoms with Crippen molar-refractivity contribution in [3.05, 3.63) is 0 Å². The number of carboxylic acids is 1. The maximum atomic E-state index is 11.3. The van der Waals surface area contributed by atoms with Crippen LogP contribution in [0.1, 0.15) is 27.7 Å². The second kappa shape index (κ2) is 4.25. The molecule has 1 atom stereocenters. The zero-order valence-electron chi connectivity index (χ0n) is 8.46. The smallest absolute Gasteiger partial charge is 0.323 e. The average molecular weight is 188 g/mol. The first kappa shape index (κ1) is 11.9. The fourth-order valence-corrected chi connectivity index (χ4v) is 0.851. The van der Waals surface area contributed by atoms with Crippen molar-refractivity contribution >= 4 is 11.9 Å². The molecule has 0 radical (unpaired) electrons. The summed E-state index contributed by atoms with van der Waals surface area (Å²) in [6.45, 7) is 6.61. The van der Waals surface area contributed by atoms with Crippen molar-refractivity contribution in [3.8, 4) is 0 Å². The van der Waals surface area contributed by atoms with Gasteiger partial charge in [0.15, 0.2) is 5.41 Å². The van der Waals surface area contributed by atoms with E-state index in [-0.39, 0.29) is 12.5 Å². The van der Waals surface area contributed by atoms with Crippen LogP contribution in [0.4, 0.5) is 0 Å². The Balaban J connectivity index is 4.79. The van der Waals surface area contributed by atoms with Gasteiger partial charge in [0, 0.05) is 0 Å². The molecule has 0 aromatic carbocycles. The molecule has 0 aromatic rings. The van der Waals surface area contributed by atoms with E-state index in [0.29, 0.717) is 0 Å². The van der Waals surface area contributed by atoms with Crippen LogP contribution in [-0.2, 0) is 14.3 Å². The van der Waals surface area contributed by atoms with Crippen LogP contribution in [0.25, 0.3) is 0 Å². The lowest BCUT2D eigenvalue weighted by Crippen LogP contribution is -2.42. The third-order valence-electron chi connectivity index (χ3n) is 2.30. The van der Waals surface area contributed by atoms with Gasteiger partial charge in [-0.15, -0.1) is 0 Å². The molecule has 0 aromatic heterocycles. The summed E-state index contributed by atoms with van der Waals surface area (Å²) in [6, 6.07) is 0. The van der Waals surface area contributed by atoms with Gasteiger partial charge in [0.2, 0.25) is 0 Å². The highest BCUT2D eigenvalue weighted by atomic mass is 16.5. The molecule has 0 rings (SSSR count). The molecule has 0 aliphatic rings. The number of carbonyl (C=O) groups excluding carboxylic acids is 1. The van der Waals surface area contributed by atoms with Crippen molar-refractivity contribution in [2.75, 3.05) is 6.61 Å². The molecule has 0 saturated heterocycles. The van der Waals surface area contributed by atoms with E-state index < -0.39 is 17.4 Å². The fraction of sp³-hybridized carbons (Fsp3) is 0.778. The predicted molar refractivity (Wildman–Crippen MR) is 47.2 cm³/mol. The fourth-order valence-electron chi connectivity index (χ4n) is 0.851. The Kier molecular flexibility index (Phi) is 3.91. The SMILES string of the molecule is CCOC(=O)C(C)(C(=O)O)C(C)C. The van der Waals surface area contributed by atoms with Crippen LogP contribution < -0.4 is 0 Å². The van der Waals surface area contributed by atoms with Gasteiger partial charge >= 0.3 is 11.9 Å². The number of carbonyl (C=O) groups is 2. The standard InChI is InChI=1S/C9H16O4/c1-5-13-8(12)9(4,6(2)3)7(10)11/h6H,5H2,1-4H3,(H,10,11). The van der Waals surface area contributed by atoms with Gasteiger partial charge in [-0.2, -0.15) is 0 Å². The van der Waals surface area contributed by atoms with E-state index in [2.05, 4.69) is 0 Å². The normalized spacial score (nSPS) is 15.2. The topological polar surface area (TPSA) is 63.6 Å². The molecule has 0 fully saturated rings. The number of carboxylic acid groups (broad SMARTS) is 1. The van der Waals surface area contributed by atoms with Gasteiger partial charge in [-0.1, -0.05) is 13.8 Å². The quantitative estimate of drug-likeness (QED) is 0.533. The number of ether oxygens (including phenoxy) is 1. The lowest BCUT2D eigenvalue weighted by Gasteiger charge is -2.26. The first-order chi connectivity index (χ1) is 5.87. The zero-order chi connectivity index (χ0) is 10.6. The molecule has 0 saturated carbocycles. The van der Waals surface area contributed by atoms with E-state index in [1.807, 2.05) is 0 Å². The number of hydrogen-bond donors (Lipinski definition) is 1. The van der Waals surface area contributed by atoms with Crippen LogP contribution in [0.15, 0.2) is 0 Å². The summed E-state index contributed by atoms with van der Waals surface area (Å²) >= 11 is 0. The van der Waals surface area contributed by atoms with E-state index in [9.17, 15) is 9.59 Å². The minimum atomic E-state index is -1.43. The molecule has 1 unspecified atom stereocenters. The molecule has 4 heteroatoms. The minimum absolute atomic E-state index is 0.203. The molecule has 0 aliphatic heterocycles. The maximum absolute atomic E-state index is 11.3. The van der Waals surface area contributed by atoms with E-state index in [0.717, 1.165) is 0 Å². The van der Waals surface area contributed by atoms with Crippen LogP contribution in [0, 0.1) is 11.3 Å². The van der Waals surface area contributed by atoms with Gasteiger partial charge in [0.25, 0.3) is 0 Å². The van der Waals surface area contributed by atoms with Gasteiger partial charge in [-0.3, -0.25) is 9.59 Å². The molecule has 0 bridgehead atoms. The van der Waals surface area contributed by atoms with Crippen molar-refractivity contribution in [1.82, 2.24) is 0 Å². The summed E-state index contributed by atoms with van der Waals surface area (Å²) < 4.78 is 4.71. The van der Waals surface area contributed by atoms with Crippen molar-refractivity contribution in [3.63, 3.8) is 0 Å². The summed E-state index contributed by atoms with van der Waals surface area (Å²) in [7, 11) is 0. The highest BCUT2D eigenvalue weighted by Crippen LogP contribution is 2.28. The van der Waals surface area contributed by atoms with Crippen LogP contribution in [0.3, 0.4) is 0 Å². The number of esters is 1. The first-order valence-corrected chi connectivity index (χ1v) is 4.28. The highest BCUT2D eigenvalue weighted by Gasteiger charge is 2.45. The van der Waals surface area contributed by atoms with Crippen molar-refractivity contribution < 1.29 is 19.4 Å². The van der Waals surface area contributed by atoms with Gasteiger partial charge in [-0.05, 0) is 19.8 Å². The molecular formula is C9H16O4. The van der Waals surface area contributed by atoms with Crippen LogP contribution in [-0.4, -0.2) is 23.7 Å². The van der Waals surface area contributed by atoms with Gasteiger partial charge < -0.3 is 9.84 Å². The molecule has 76 valence electrons. The molecule has 4 nitrogen and oxygen atoms in total. The van der Waals surface area contributed by atoms with E-state index in [4.69, 9.17) is 9.84 Å². The lowest BCUT2D eigenvalue weighted by atomic mass is 9.79. The Bertz CT molecular complexity index is 210. The predicted octanol–water partition coefficient (Wildman–Crippen LogP) is 1.30. The summed E-state index contributed by atoms with van der Waals surface area (Å²) in [5, 5.41) is 8.90. The largest absolute Gasteiger partial charge is 0.480 e. The monoisotopic (exact) mass is 188 g/mol. The minimum Gasteiger partial charge on any atom is -0.480 e. The average Bonchev–Trinajstić information content (AvgIpc) is 2.02. The molecule has 13 heavy (non-hydrogen) atoms. The number of hydrogen-bond acceptors (Lipinski definition) is 3. The first-order valence-electron chi connectivity index (χ1n) is 4.28. The van der Waals surface area contributed by atoms with E-state index in [1.54, 1.807) is 20.8 Å². The third kappa shape index (κ3) is 2.20. The Morgan fingerprint density at radius 1 is 1.46 bits per heavy atom. The van der Waals surface area contributed by atoms with Crippen molar-refractivity contribution in [2.24, 2.45) is 11.3 Å².